The van der Waals surface area contributed by atoms with E-state index in [2.05, 4.69) is 5.92 Å². The maximum Gasteiger partial charge on any atom is 0.0772 e. The average molecular weight is 253 g/mol. The maximum absolute atomic E-state index is 5.94. The van der Waals surface area contributed by atoms with Crippen molar-refractivity contribution in [3.8, 4) is 23.5 Å². The first-order chi connectivity index (χ1) is 7.20. The molecule has 0 nitrogen and oxygen atoms in total. The van der Waals surface area contributed by atoms with Crippen LogP contribution in [-0.2, 0) is 0 Å². The molecule has 0 N–H and O–H groups in total. The Balaban J connectivity index is 2.46. The van der Waals surface area contributed by atoms with Crippen LogP contribution in [0.3, 0.4) is 0 Å². The Kier molecular flexibility index (Phi) is 3.02. The Morgan fingerprint density at radius 3 is 2.47 bits per heavy atom. The number of rotatable bonds is 1. The first kappa shape index (κ1) is 10.6. The Hall–Kier alpha value is -0.940. The molecule has 1 heterocycles. The lowest BCUT2D eigenvalue weighted by atomic mass is 10.1. The van der Waals surface area contributed by atoms with Gasteiger partial charge in [-0.2, -0.15) is 0 Å². The highest BCUT2D eigenvalue weighted by molar-refractivity contribution is 7.11. The molecule has 0 aliphatic rings. The minimum absolute atomic E-state index is 0.558. The highest BCUT2D eigenvalue weighted by Gasteiger charge is 2.03. The highest BCUT2D eigenvalue weighted by Crippen LogP contribution is 2.30. The molecule has 0 fully saturated rings. The Morgan fingerprint density at radius 1 is 1.07 bits per heavy atom. The molecule has 0 amide bonds. The van der Waals surface area contributed by atoms with Gasteiger partial charge in [-0.1, -0.05) is 35.2 Å². The third kappa shape index (κ3) is 2.18. The summed E-state index contributed by atoms with van der Waals surface area (Å²) in [6, 6.07) is 7.51. The molecule has 0 atom stereocenters. The monoisotopic (exact) mass is 252 g/mol. The number of thiophene rings is 1. The number of terminal acetylenes is 1. The molecule has 0 bridgehead atoms. The molecule has 1 aromatic heterocycles. The molecule has 0 spiro atoms. The summed E-state index contributed by atoms with van der Waals surface area (Å²) in [4.78, 5) is 0.913. The molecule has 0 saturated carbocycles. The second kappa shape index (κ2) is 4.28. The van der Waals surface area contributed by atoms with Crippen LogP contribution in [0.2, 0.25) is 10.0 Å². The lowest BCUT2D eigenvalue weighted by Crippen LogP contribution is -1.74. The van der Waals surface area contributed by atoms with Crippen LogP contribution in [-0.4, -0.2) is 0 Å². The largest absolute Gasteiger partial charge is 0.135 e. The second-order valence-corrected chi connectivity index (χ2v) is 4.70. The van der Waals surface area contributed by atoms with Gasteiger partial charge in [-0.05, 0) is 34.7 Å². The van der Waals surface area contributed by atoms with Gasteiger partial charge in [0.15, 0.2) is 0 Å². The third-order valence-electron chi connectivity index (χ3n) is 1.99. The van der Waals surface area contributed by atoms with Gasteiger partial charge in [0.1, 0.15) is 0 Å². The van der Waals surface area contributed by atoms with E-state index in [0.29, 0.717) is 10.0 Å². The Morgan fingerprint density at radius 2 is 1.87 bits per heavy atom. The maximum atomic E-state index is 5.94. The van der Waals surface area contributed by atoms with Crippen LogP contribution in [0.5, 0.6) is 0 Å². The van der Waals surface area contributed by atoms with Crippen molar-refractivity contribution in [1.82, 2.24) is 0 Å². The molecule has 0 aliphatic heterocycles. The zero-order valence-corrected chi connectivity index (χ0v) is 9.96. The van der Waals surface area contributed by atoms with Gasteiger partial charge in [-0.25, -0.2) is 0 Å². The number of hydrogen-bond donors (Lipinski definition) is 0. The minimum Gasteiger partial charge on any atom is -0.135 e. The van der Waals surface area contributed by atoms with Crippen molar-refractivity contribution in [2.24, 2.45) is 0 Å². The molecule has 2 rings (SSSR count). The van der Waals surface area contributed by atoms with Gasteiger partial charge in [0.2, 0.25) is 0 Å². The van der Waals surface area contributed by atoms with Gasteiger partial charge >= 0.3 is 0 Å². The second-order valence-electron chi connectivity index (χ2n) is 2.97. The number of hydrogen-bond acceptors (Lipinski definition) is 1. The molecule has 1 aromatic carbocycles. The van der Waals surface area contributed by atoms with Gasteiger partial charge in [-0.15, -0.1) is 17.8 Å². The van der Waals surface area contributed by atoms with Crippen LogP contribution in [0.15, 0.2) is 29.6 Å². The van der Waals surface area contributed by atoms with Crippen molar-refractivity contribution in [3.63, 3.8) is 0 Å². The molecule has 0 radical (unpaired) electrons. The molecular weight excluding hydrogens is 247 g/mol. The Labute approximate surface area is 102 Å². The topological polar surface area (TPSA) is 0 Å². The van der Waals surface area contributed by atoms with Crippen molar-refractivity contribution in [1.29, 1.82) is 0 Å². The summed E-state index contributed by atoms with van der Waals surface area (Å²) in [5, 5.41) is 3.13. The third-order valence-corrected chi connectivity index (χ3v) is 3.60. The zero-order valence-electron chi connectivity index (χ0n) is 7.63. The standard InChI is InChI=1S/C12H6Cl2S/c1-2-10-5-9(7-15-10)8-3-4-11(13)12(14)6-8/h1,3-7H. The van der Waals surface area contributed by atoms with Crippen LogP contribution in [0.25, 0.3) is 11.1 Å². The fourth-order valence-electron chi connectivity index (χ4n) is 1.24. The molecule has 0 aliphatic carbocycles. The molecule has 0 saturated heterocycles. The normalized spacial score (nSPS) is 9.93. The van der Waals surface area contributed by atoms with Crippen LogP contribution in [0.4, 0.5) is 0 Å². The molecule has 3 heteroatoms. The summed E-state index contributed by atoms with van der Waals surface area (Å²) in [7, 11) is 0. The number of benzene rings is 1. The van der Waals surface area contributed by atoms with E-state index in [-0.39, 0.29) is 0 Å². The van der Waals surface area contributed by atoms with E-state index in [0.717, 1.165) is 16.0 Å². The van der Waals surface area contributed by atoms with E-state index >= 15 is 0 Å². The Bertz CT molecular complexity index is 535. The van der Waals surface area contributed by atoms with Gasteiger partial charge in [0.05, 0.1) is 14.9 Å². The first-order valence-electron chi connectivity index (χ1n) is 4.21. The van der Waals surface area contributed by atoms with E-state index in [1.165, 1.54) is 0 Å². The van der Waals surface area contributed by atoms with Crippen LogP contribution in [0.1, 0.15) is 4.88 Å². The fourth-order valence-corrected chi connectivity index (χ4v) is 2.26. The van der Waals surface area contributed by atoms with Gasteiger partial charge in [-0.3, -0.25) is 0 Å². The van der Waals surface area contributed by atoms with Crippen LogP contribution in [0, 0.1) is 12.3 Å². The van der Waals surface area contributed by atoms with Crippen molar-refractivity contribution in [2.45, 2.75) is 0 Å². The quantitative estimate of drug-likeness (QED) is 0.646. The summed E-state index contributed by atoms with van der Waals surface area (Å²) >= 11 is 13.3. The zero-order chi connectivity index (χ0) is 10.8. The summed E-state index contributed by atoms with van der Waals surface area (Å²) in [5.74, 6) is 2.60. The summed E-state index contributed by atoms with van der Waals surface area (Å²) in [5.41, 5.74) is 2.11. The van der Waals surface area contributed by atoms with Gasteiger partial charge < -0.3 is 0 Å². The average Bonchev–Trinajstić information content (AvgIpc) is 2.70. The molecule has 0 unspecified atom stereocenters. The van der Waals surface area contributed by atoms with E-state index in [1.807, 2.05) is 23.6 Å². The van der Waals surface area contributed by atoms with E-state index in [4.69, 9.17) is 29.6 Å². The SMILES string of the molecule is C#Cc1cc(-c2ccc(Cl)c(Cl)c2)cs1. The predicted octanol–water partition coefficient (Wildman–Crippen LogP) is 4.70. The smallest absolute Gasteiger partial charge is 0.0772 e. The van der Waals surface area contributed by atoms with Crippen molar-refractivity contribution in [3.05, 3.63) is 44.6 Å². The molecular formula is C12H6Cl2S. The molecule has 2 aromatic rings. The van der Waals surface area contributed by atoms with Gasteiger partial charge in [0, 0.05) is 0 Å². The summed E-state index contributed by atoms with van der Waals surface area (Å²) in [6.07, 6.45) is 5.31. The van der Waals surface area contributed by atoms with E-state index in [1.54, 1.807) is 17.4 Å². The van der Waals surface area contributed by atoms with Crippen molar-refractivity contribution >= 4 is 34.5 Å². The lowest BCUT2D eigenvalue weighted by molar-refractivity contribution is 1.67. The van der Waals surface area contributed by atoms with Crippen LogP contribution < -0.4 is 0 Å². The lowest BCUT2D eigenvalue weighted by Gasteiger charge is -1.99. The fraction of sp³-hybridized carbons (Fsp3) is 0. The van der Waals surface area contributed by atoms with E-state index < -0.39 is 0 Å². The minimum atomic E-state index is 0.558. The summed E-state index contributed by atoms with van der Waals surface area (Å²) < 4.78 is 0. The highest BCUT2D eigenvalue weighted by atomic mass is 35.5. The predicted molar refractivity (Wildman–Crippen MR) is 67.7 cm³/mol. The summed E-state index contributed by atoms with van der Waals surface area (Å²) in [6.45, 7) is 0. The van der Waals surface area contributed by atoms with Crippen molar-refractivity contribution in [2.75, 3.05) is 0 Å². The van der Waals surface area contributed by atoms with Crippen LogP contribution >= 0.6 is 34.5 Å². The van der Waals surface area contributed by atoms with Gasteiger partial charge in [0.25, 0.3) is 0 Å². The molecule has 74 valence electrons. The van der Waals surface area contributed by atoms with E-state index in [9.17, 15) is 0 Å². The first-order valence-corrected chi connectivity index (χ1v) is 5.85. The number of halogens is 2. The van der Waals surface area contributed by atoms with Crippen molar-refractivity contribution < 1.29 is 0 Å². The molecule has 15 heavy (non-hydrogen) atoms.